The summed E-state index contributed by atoms with van der Waals surface area (Å²) in [4.78, 5) is 14.2. The van der Waals surface area contributed by atoms with E-state index in [1.54, 1.807) is 0 Å². The van der Waals surface area contributed by atoms with Crippen LogP contribution in [0.1, 0.15) is 44.9 Å². The quantitative estimate of drug-likeness (QED) is 0.751. The van der Waals surface area contributed by atoms with Gasteiger partial charge in [-0.25, -0.2) is 0 Å². The number of carbonyl (C=O) groups is 1. The summed E-state index contributed by atoms with van der Waals surface area (Å²) in [5.41, 5.74) is 0. The molecule has 3 heteroatoms. The third-order valence-corrected chi connectivity index (χ3v) is 3.92. The molecule has 2 fully saturated rings. The number of nitrogens with one attached hydrogen (secondary N) is 1. The van der Waals surface area contributed by atoms with Crippen LogP contribution in [0.2, 0.25) is 0 Å². The molecule has 2 atom stereocenters. The van der Waals surface area contributed by atoms with E-state index in [2.05, 4.69) is 16.1 Å². The summed E-state index contributed by atoms with van der Waals surface area (Å²) < 4.78 is 0. The second-order valence-corrected chi connectivity index (χ2v) is 5.06. The normalized spacial score (nSPS) is 29.0. The van der Waals surface area contributed by atoms with Crippen molar-refractivity contribution in [3.8, 4) is 12.3 Å². The van der Waals surface area contributed by atoms with Crippen molar-refractivity contribution >= 4 is 5.91 Å². The Kier molecular flexibility index (Phi) is 4.44. The Morgan fingerprint density at radius 3 is 2.94 bits per heavy atom. The number of carbonyl (C=O) groups excluding carboxylic acids is 1. The Balaban J connectivity index is 1.96. The molecule has 2 rings (SSSR count). The molecule has 0 aliphatic carbocycles. The molecule has 1 N–H and O–H groups in total. The van der Waals surface area contributed by atoms with Crippen molar-refractivity contribution in [3.05, 3.63) is 0 Å². The van der Waals surface area contributed by atoms with Crippen molar-refractivity contribution in [2.45, 2.75) is 57.0 Å². The molecule has 2 unspecified atom stereocenters. The molecule has 2 aliphatic heterocycles. The molecule has 2 saturated heterocycles. The van der Waals surface area contributed by atoms with Crippen LogP contribution in [0.5, 0.6) is 0 Å². The highest BCUT2D eigenvalue weighted by Gasteiger charge is 2.33. The zero-order valence-electron chi connectivity index (χ0n) is 10.5. The summed E-state index contributed by atoms with van der Waals surface area (Å²) in [5.74, 6) is 2.81. The molecule has 0 spiro atoms. The minimum Gasteiger partial charge on any atom is -0.338 e. The van der Waals surface area contributed by atoms with E-state index in [-0.39, 0.29) is 5.91 Å². The van der Waals surface area contributed by atoms with Crippen LogP contribution in [-0.2, 0) is 4.79 Å². The van der Waals surface area contributed by atoms with Gasteiger partial charge in [-0.3, -0.25) is 4.79 Å². The fourth-order valence-electron chi connectivity index (χ4n) is 3.05. The summed E-state index contributed by atoms with van der Waals surface area (Å²) in [6.07, 6.45) is 12.3. The van der Waals surface area contributed by atoms with Crippen LogP contribution in [0.4, 0.5) is 0 Å². The highest BCUT2D eigenvalue weighted by atomic mass is 16.2. The Labute approximate surface area is 104 Å². The van der Waals surface area contributed by atoms with E-state index in [0.717, 1.165) is 25.9 Å². The minimum atomic E-state index is 0.251. The number of hydrogen-bond donors (Lipinski definition) is 1. The summed E-state index contributed by atoms with van der Waals surface area (Å²) in [6, 6.07) is 0.932. The molecule has 0 bridgehead atoms. The fourth-order valence-corrected chi connectivity index (χ4v) is 3.05. The second-order valence-electron chi connectivity index (χ2n) is 5.06. The van der Waals surface area contributed by atoms with Crippen LogP contribution in [-0.4, -0.2) is 36.0 Å². The molecule has 3 nitrogen and oxygen atoms in total. The van der Waals surface area contributed by atoms with Gasteiger partial charge in [-0.1, -0.05) is 0 Å². The minimum absolute atomic E-state index is 0.251. The van der Waals surface area contributed by atoms with E-state index >= 15 is 0 Å². The van der Waals surface area contributed by atoms with E-state index < -0.39 is 0 Å². The van der Waals surface area contributed by atoms with Crippen LogP contribution >= 0.6 is 0 Å². The van der Waals surface area contributed by atoms with Gasteiger partial charge in [0.1, 0.15) is 0 Å². The third-order valence-electron chi connectivity index (χ3n) is 3.92. The Hall–Kier alpha value is -1.01. The van der Waals surface area contributed by atoms with Crippen LogP contribution in [0.25, 0.3) is 0 Å². The summed E-state index contributed by atoms with van der Waals surface area (Å²) in [5, 5.41) is 3.53. The first-order chi connectivity index (χ1) is 8.33. The topological polar surface area (TPSA) is 32.3 Å². The number of rotatable bonds is 3. The maximum atomic E-state index is 12.1. The van der Waals surface area contributed by atoms with Crippen LogP contribution in [0, 0.1) is 12.3 Å². The molecule has 0 aromatic heterocycles. The Morgan fingerprint density at radius 2 is 2.24 bits per heavy atom. The molecule has 1 amide bonds. The molecule has 0 aromatic rings. The van der Waals surface area contributed by atoms with Crippen LogP contribution in [0.15, 0.2) is 0 Å². The van der Waals surface area contributed by atoms with Crippen molar-refractivity contribution < 1.29 is 4.79 Å². The Bertz CT molecular complexity index is 302. The highest BCUT2D eigenvalue weighted by molar-refractivity contribution is 5.77. The van der Waals surface area contributed by atoms with Crippen molar-refractivity contribution in [1.82, 2.24) is 10.2 Å². The van der Waals surface area contributed by atoms with E-state index in [0.29, 0.717) is 24.9 Å². The van der Waals surface area contributed by atoms with Gasteiger partial charge >= 0.3 is 0 Å². The van der Waals surface area contributed by atoms with Gasteiger partial charge in [-0.15, -0.1) is 12.3 Å². The standard InChI is InChI=1S/C14H22N2O/c1-2-3-9-14(17)16-11-5-4-8-13(16)12-7-6-10-15-12/h1,12-13,15H,3-11H2. The zero-order chi connectivity index (χ0) is 12.1. The average molecular weight is 234 g/mol. The van der Waals surface area contributed by atoms with Gasteiger partial charge in [0.2, 0.25) is 5.91 Å². The molecule has 2 heterocycles. The number of hydrogen-bond acceptors (Lipinski definition) is 2. The monoisotopic (exact) mass is 234 g/mol. The number of nitrogens with zero attached hydrogens (tertiary/aromatic N) is 1. The molecule has 94 valence electrons. The molecule has 0 radical (unpaired) electrons. The van der Waals surface area contributed by atoms with Gasteiger partial charge < -0.3 is 10.2 Å². The lowest BCUT2D eigenvalue weighted by Gasteiger charge is -2.39. The van der Waals surface area contributed by atoms with Crippen molar-refractivity contribution in [2.75, 3.05) is 13.1 Å². The fraction of sp³-hybridized carbons (Fsp3) is 0.786. The van der Waals surface area contributed by atoms with Crippen molar-refractivity contribution in [1.29, 1.82) is 0 Å². The predicted molar refractivity (Wildman–Crippen MR) is 68.4 cm³/mol. The lowest BCUT2D eigenvalue weighted by atomic mass is 9.94. The zero-order valence-corrected chi connectivity index (χ0v) is 10.5. The number of terminal acetylenes is 1. The molecular formula is C14H22N2O. The molecule has 0 saturated carbocycles. The van der Waals surface area contributed by atoms with Crippen molar-refractivity contribution in [2.24, 2.45) is 0 Å². The van der Waals surface area contributed by atoms with E-state index in [9.17, 15) is 4.79 Å². The first-order valence-corrected chi connectivity index (χ1v) is 6.79. The second kappa shape index (κ2) is 6.07. The van der Waals surface area contributed by atoms with E-state index in [1.807, 2.05) is 0 Å². The number of amides is 1. The van der Waals surface area contributed by atoms with Crippen molar-refractivity contribution in [3.63, 3.8) is 0 Å². The van der Waals surface area contributed by atoms with Gasteiger partial charge in [0, 0.05) is 31.5 Å². The van der Waals surface area contributed by atoms with Gasteiger partial charge in [-0.2, -0.15) is 0 Å². The average Bonchev–Trinajstić information content (AvgIpc) is 2.89. The molecule has 2 aliphatic rings. The van der Waals surface area contributed by atoms with E-state index in [4.69, 9.17) is 6.42 Å². The SMILES string of the molecule is C#CCCC(=O)N1CCCCC1C1CCCN1. The van der Waals surface area contributed by atoms with Crippen LogP contribution < -0.4 is 5.32 Å². The van der Waals surface area contributed by atoms with Gasteiger partial charge in [0.05, 0.1) is 0 Å². The smallest absolute Gasteiger partial charge is 0.223 e. The third kappa shape index (κ3) is 3.01. The summed E-state index contributed by atoms with van der Waals surface area (Å²) in [6.45, 7) is 2.03. The highest BCUT2D eigenvalue weighted by Crippen LogP contribution is 2.24. The lowest BCUT2D eigenvalue weighted by molar-refractivity contribution is -0.135. The maximum absolute atomic E-state index is 12.1. The largest absolute Gasteiger partial charge is 0.338 e. The molecule has 17 heavy (non-hydrogen) atoms. The maximum Gasteiger partial charge on any atom is 0.223 e. The Morgan fingerprint density at radius 1 is 1.35 bits per heavy atom. The van der Waals surface area contributed by atoms with Gasteiger partial charge in [0.15, 0.2) is 0 Å². The summed E-state index contributed by atoms with van der Waals surface area (Å²) >= 11 is 0. The molecular weight excluding hydrogens is 212 g/mol. The van der Waals surface area contributed by atoms with Gasteiger partial charge in [0.25, 0.3) is 0 Å². The lowest BCUT2D eigenvalue weighted by Crippen LogP contribution is -2.52. The van der Waals surface area contributed by atoms with E-state index in [1.165, 1.54) is 19.3 Å². The predicted octanol–water partition coefficient (Wildman–Crippen LogP) is 1.53. The first kappa shape index (κ1) is 12.4. The van der Waals surface area contributed by atoms with Crippen LogP contribution in [0.3, 0.4) is 0 Å². The number of likely N-dealkylation sites (tertiary alicyclic amines) is 1. The summed E-state index contributed by atoms with van der Waals surface area (Å²) in [7, 11) is 0. The van der Waals surface area contributed by atoms with Gasteiger partial charge in [-0.05, 0) is 38.6 Å². The first-order valence-electron chi connectivity index (χ1n) is 6.79. The number of piperidine rings is 1. The molecule has 0 aromatic carbocycles.